The van der Waals surface area contributed by atoms with Crippen LogP contribution >= 0.6 is 11.9 Å². The van der Waals surface area contributed by atoms with Crippen molar-refractivity contribution < 1.29 is 0 Å². The summed E-state index contributed by atoms with van der Waals surface area (Å²) in [4.78, 5) is 5.23. The van der Waals surface area contributed by atoms with Gasteiger partial charge >= 0.3 is 0 Å². The highest BCUT2D eigenvalue weighted by Crippen LogP contribution is 2.24. The highest BCUT2D eigenvalue weighted by atomic mass is 32.2. The zero-order chi connectivity index (χ0) is 11.0. The summed E-state index contributed by atoms with van der Waals surface area (Å²) in [5.41, 5.74) is 4.18. The Kier molecular flexibility index (Phi) is 2.14. The van der Waals surface area contributed by atoms with Crippen molar-refractivity contribution in [2.24, 2.45) is 14.5 Å². The summed E-state index contributed by atoms with van der Waals surface area (Å²) in [7, 11) is 0. The Morgan fingerprint density at radius 3 is 3.19 bits per heavy atom. The van der Waals surface area contributed by atoms with E-state index in [0.29, 0.717) is 6.54 Å². The summed E-state index contributed by atoms with van der Waals surface area (Å²) in [6, 6.07) is 3.91. The molecule has 0 spiro atoms. The molecule has 0 bridgehead atoms. The highest BCUT2D eigenvalue weighted by molar-refractivity contribution is 7.98. The smallest absolute Gasteiger partial charge is 0.124 e. The number of nitrogens with zero attached hydrogens (tertiary/aromatic N) is 4. The Bertz CT molecular complexity index is 592. The van der Waals surface area contributed by atoms with Crippen molar-refractivity contribution >= 4 is 24.0 Å². The van der Waals surface area contributed by atoms with Crippen LogP contribution in [0, 0.1) is 0 Å². The molecule has 0 aromatic heterocycles. The lowest BCUT2D eigenvalue weighted by Gasteiger charge is -2.13. The second-order valence-corrected chi connectivity index (χ2v) is 4.13. The fourth-order valence-electron chi connectivity index (χ4n) is 1.60. The van der Waals surface area contributed by atoms with Crippen LogP contribution in [0.4, 0.5) is 5.69 Å². The van der Waals surface area contributed by atoms with Gasteiger partial charge in [-0.25, -0.2) is 10.1 Å². The number of anilines is 1. The zero-order valence-electron chi connectivity index (χ0n) is 8.42. The fraction of sp³-hybridized carbons (Fsp3) is 0.100. The van der Waals surface area contributed by atoms with Gasteiger partial charge < -0.3 is 0 Å². The molecular formula is C10H9N5S. The maximum Gasteiger partial charge on any atom is 0.124 e. The van der Waals surface area contributed by atoms with E-state index in [1.807, 2.05) is 12.1 Å². The first-order valence-electron chi connectivity index (χ1n) is 4.82. The molecule has 80 valence electrons. The van der Waals surface area contributed by atoms with Gasteiger partial charge in [-0.2, -0.15) is 9.50 Å². The molecule has 5 nitrogen and oxygen atoms in total. The third-order valence-electron chi connectivity index (χ3n) is 2.27. The van der Waals surface area contributed by atoms with Crippen LogP contribution in [0.1, 0.15) is 0 Å². The molecule has 0 unspecified atom stereocenters. The molecule has 1 aromatic rings. The van der Waals surface area contributed by atoms with E-state index in [4.69, 9.17) is 0 Å². The Hall–Kier alpha value is -1.82. The Labute approximate surface area is 96.4 Å². The first kappa shape index (κ1) is 9.41. The van der Waals surface area contributed by atoms with E-state index in [9.17, 15) is 0 Å². The molecule has 0 aliphatic carbocycles. The van der Waals surface area contributed by atoms with Gasteiger partial charge in [-0.1, -0.05) is 6.08 Å². The molecule has 0 saturated carbocycles. The average Bonchev–Trinajstić information content (AvgIpc) is 2.72. The Balaban J connectivity index is 2.11. The third kappa shape index (κ3) is 1.38. The fourth-order valence-corrected chi connectivity index (χ4v) is 2.26. The lowest BCUT2D eigenvalue weighted by molar-refractivity contribution is 0.393. The molecule has 0 amide bonds. The van der Waals surface area contributed by atoms with E-state index in [0.717, 1.165) is 21.3 Å². The molecule has 0 fully saturated rings. The number of benzene rings is 1. The Morgan fingerprint density at radius 1 is 1.44 bits per heavy atom. The third-order valence-corrected chi connectivity index (χ3v) is 3.07. The molecule has 0 radical (unpaired) electrons. The van der Waals surface area contributed by atoms with Crippen LogP contribution in [0.15, 0.2) is 44.2 Å². The maximum absolute atomic E-state index is 4.39. The molecule has 2 heterocycles. The van der Waals surface area contributed by atoms with E-state index in [1.165, 1.54) is 11.9 Å². The van der Waals surface area contributed by atoms with Crippen LogP contribution in [0.25, 0.3) is 0 Å². The second-order valence-electron chi connectivity index (χ2n) is 3.33. The summed E-state index contributed by atoms with van der Waals surface area (Å²) >= 11 is 1.41. The van der Waals surface area contributed by atoms with E-state index >= 15 is 0 Å². The molecule has 2 aliphatic rings. The van der Waals surface area contributed by atoms with Crippen LogP contribution < -0.4 is 16.1 Å². The predicted molar refractivity (Wildman–Crippen MR) is 63.6 cm³/mol. The van der Waals surface area contributed by atoms with Crippen LogP contribution in [0.3, 0.4) is 0 Å². The molecule has 1 aromatic carbocycles. The van der Waals surface area contributed by atoms with Gasteiger partial charge in [0.25, 0.3) is 0 Å². The quantitative estimate of drug-likeness (QED) is 0.602. The van der Waals surface area contributed by atoms with Crippen LogP contribution in [-0.4, -0.2) is 18.0 Å². The molecule has 6 heteroatoms. The monoisotopic (exact) mass is 231 g/mol. The van der Waals surface area contributed by atoms with E-state index < -0.39 is 0 Å². The van der Waals surface area contributed by atoms with Crippen molar-refractivity contribution in [1.82, 2.24) is 5.12 Å². The van der Waals surface area contributed by atoms with Crippen molar-refractivity contribution in [1.29, 1.82) is 0 Å². The highest BCUT2D eigenvalue weighted by Gasteiger charge is 2.17. The molecule has 0 atom stereocenters. The average molecular weight is 231 g/mol. The number of hydrogen-bond donors (Lipinski definition) is 1. The van der Waals surface area contributed by atoms with Gasteiger partial charge in [0.1, 0.15) is 17.4 Å². The normalized spacial score (nSPS) is 15.6. The van der Waals surface area contributed by atoms with Crippen molar-refractivity contribution in [2.45, 2.75) is 4.90 Å². The number of rotatable bonds is 2. The van der Waals surface area contributed by atoms with Gasteiger partial charge in [-0.15, -0.1) is 6.58 Å². The van der Waals surface area contributed by atoms with Gasteiger partial charge in [0.05, 0.1) is 16.8 Å². The first-order chi connectivity index (χ1) is 7.88. The summed E-state index contributed by atoms with van der Waals surface area (Å²) in [5, 5.41) is 7.99. The van der Waals surface area contributed by atoms with E-state index in [2.05, 4.69) is 26.5 Å². The van der Waals surface area contributed by atoms with Crippen molar-refractivity contribution in [3.05, 3.63) is 35.5 Å². The standard InChI is InChI=1S/C10H9N5S/c1-2-5-15-13-7-3-4-8-10(9(7)14-15)16-12-6-11-8/h2-4,6,14H,1,5H2. The minimum absolute atomic E-state index is 0.661. The lowest BCUT2D eigenvalue weighted by atomic mass is 10.3. The van der Waals surface area contributed by atoms with Crippen molar-refractivity contribution in [3.63, 3.8) is 0 Å². The Morgan fingerprint density at radius 2 is 2.31 bits per heavy atom. The number of fused-ring (bicyclic) bond motifs is 3. The van der Waals surface area contributed by atoms with E-state index in [1.54, 1.807) is 17.5 Å². The maximum atomic E-state index is 4.39. The van der Waals surface area contributed by atoms with Gasteiger partial charge in [0.15, 0.2) is 0 Å². The summed E-state index contributed by atoms with van der Waals surface area (Å²) in [6.07, 6.45) is 3.36. The number of hydrazine groups is 1. The topological polar surface area (TPSA) is 52.3 Å². The lowest BCUT2D eigenvalue weighted by Crippen LogP contribution is -2.22. The van der Waals surface area contributed by atoms with Crippen molar-refractivity contribution in [3.8, 4) is 0 Å². The molecule has 16 heavy (non-hydrogen) atoms. The zero-order valence-corrected chi connectivity index (χ0v) is 9.24. The summed E-state index contributed by atoms with van der Waals surface area (Å²) in [6.45, 7) is 4.35. The molecule has 2 aliphatic heterocycles. The van der Waals surface area contributed by atoms with Crippen molar-refractivity contribution in [2.75, 3.05) is 12.0 Å². The molecule has 1 N–H and O–H groups in total. The van der Waals surface area contributed by atoms with Crippen LogP contribution in [0.2, 0.25) is 0 Å². The van der Waals surface area contributed by atoms with Gasteiger partial charge in [-0.05, 0) is 12.1 Å². The molecular weight excluding hydrogens is 222 g/mol. The van der Waals surface area contributed by atoms with E-state index in [-0.39, 0.29) is 0 Å². The van der Waals surface area contributed by atoms with Crippen LogP contribution in [0.5, 0.6) is 0 Å². The minimum atomic E-state index is 0.661. The van der Waals surface area contributed by atoms with Gasteiger partial charge in [-0.3, -0.25) is 5.43 Å². The number of nitrogens with one attached hydrogen (secondary N) is 1. The molecule has 0 saturated heterocycles. The largest absolute Gasteiger partial charge is 0.279 e. The number of hydrogen-bond acceptors (Lipinski definition) is 6. The molecule has 3 rings (SSSR count). The van der Waals surface area contributed by atoms with Gasteiger partial charge in [0.2, 0.25) is 0 Å². The van der Waals surface area contributed by atoms with Gasteiger partial charge in [0, 0.05) is 11.9 Å². The van der Waals surface area contributed by atoms with Crippen LogP contribution in [-0.2, 0) is 0 Å². The summed E-state index contributed by atoms with van der Waals surface area (Å²) in [5.74, 6) is 0. The predicted octanol–water partition coefficient (Wildman–Crippen LogP) is 0.718. The summed E-state index contributed by atoms with van der Waals surface area (Å²) < 4.78 is 4.07. The minimum Gasteiger partial charge on any atom is -0.279 e. The second kappa shape index (κ2) is 3.64. The SMILES string of the molecule is C=CCN1N=c2ccc3c(c2N1)SN=CN=3. The first-order valence-corrected chi connectivity index (χ1v) is 5.59.